The molecule has 3 heteroatoms. The van der Waals surface area contributed by atoms with Crippen molar-refractivity contribution in [3.8, 4) is 0 Å². The Morgan fingerprint density at radius 2 is 1.58 bits per heavy atom. The second-order valence-electron chi connectivity index (χ2n) is 4.59. The van der Waals surface area contributed by atoms with Crippen LogP contribution in [0.15, 0.2) is 0 Å². The van der Waals surface area contributed by atoms with Crippen LogP contribution in [0.4, 0.5) is 0 Å². The predicted octanol–water partition coefficient (Wildman–Crippen LogP) is 0.933. The van der Waals surface area contributed by atoms with Crippen LogP contribution in [0, 0.1) is 0 Å². The third kappa shape index (κ3) is 5.52. The van der Waals surface area contributed by atoms with Crippen LogP contribution in [-0.4, -0.2) is 34.1 Å². The van der Waals surface area contributed by atoms with Crippen LogP contribution in [0.25, 0.3) is 0 Å². The maximum absolute atomic E-state index is 9.37. The Labute approximate surface area is 74.4 Å². The maximum atomic E-state index is 9.37. The van der Waals surface area contributed by atoms with Gasteiger partial charge in [0.1, 0.15) is 6.10 Å². The van der Waals surface area contributed by atoms with Crippen molar-refractivity contribution in [2.24, 2.45) is 0 Å². The van der Waals surface area contributed by atoms with Gasteiger partial charge in [-0.25, -0.2) is 0 Å². The van der Waals surface area contributed by atoms with Crippen molar-refractivity contribution >= 4 is 0 Å². The Hall–Kier alpha value is -0.120. The fourth-order valence-corrected chi connectivity index (χ4v) is 0.533. The van der Waals surface area contributed by atoms with Crippen LogP contribution in [0.1, 0.15) is 34.6 Å². The average Bonchev–Trinajstić information content (AvgIpc) is 1.78. The molecule has 0 aromatic carbocycles. The first-order chi connectivity index (χ1) is 5.13. The molecule has 1 atom stereocenters. The van der Waals surface area contributed by atoms with Crippen LogP contribution in [0.3, 0.4) is 0 Å². The molecule has 0 saturated carbocycles. The van der Waals surface area contributed by atoms with Gasteiger partial charge in [0.25, 0.3) is 0 Å². The van der Waals surface area contributed by atoms with Crippen molar-refractivity contribution in [3.05, 3.63) is 0 Å². The summed E-state index contributed by atoms with van der Waals surface area (Å²) in [4.78, 5) is 0. The molecule has 0 bridgehead atoms. The van der Waals surface area contributed by atoms with Gasteiger partial charge in [0, 0.05) is 0 Å². The summed E-state index contributed by atoms with van der Waals surface area (Å²) in [6, 6.07) is 0. The van der Waals surface area contributed by atoms with E-state index >= 15 is 0 Å². The molecule has 1 unspecified atom stereocenters. The van der Waals surface area contributed by atoms with Crippen molar-refractivity contribution in [1.29, 1.82) is 0 Å². The molecule has 0 heterocycles. The highest BCUT2D eigenvalue weighted by Gasteiger charge is 2.26. The second-order valence-corrected chi connectivity index (χ2v) is 4.59. The molecule has 0 saturated heterocycles. The Kier molecular flexibility index (Phi) is 3.69. The number of aliphatic hydroxyl groups is 2. The standard InChI is InChI=1S/C9H20O3/c1-8(2,3)12-6-7(10)9(4,5)11/h7,10-11H,6H2,1-5H3. The lowest BCUT2D eigenvalue weighted by Crippen LogP contribution is -2.41. The minimum atomic E-state index is -1.09. The molecule has 0 rings (SSSR count). The van der Waals surface area contributed by atoms with Gasteiger partial charge >= 0.3 is 0 Å². The second kappa shape index (κ2) is 3.73. The van der Waals surface area contributed by atoms with Crippen LogP contribution < -0.4 is 0 Å². The van der Waals surface area contributed by atoms with E-state index in [-0.39, 0.29) is 12.2 Å². The van der Waals surface area contributed by atoms with Crippen LogP contribution in [-0.2, 0) is 4.74 Å². The van der Waals surface area contributed by atoms with E-state index in [9.17, 15) is 10.2 Å². The monoisotopic (exact) mass is 176 g/mol. The Morgan fingerprint density at radius 1 is 1.17 bits per heavy atom. The van der Waals surface area contributed by atoms with Crippen molar-refractivity contribution in [2.45, 2.75) is 51.9 Å². The van der Waals surface area contributed by atoms with Gasteiger partial charge < -0.3 is 14.9 Å². The van der Waals surface area contributed by atoms with E-state index in [1.807, 2.05) is 20.8 Å². The summed E-state index contributed by atoms with van der Waals surface area (Å²) in [5, 5.41) is 18.7. The van der Waals surface area contributed by atoms with E-state index in [1.54, 1.807) is 13.8 Å². The molecule has 0 radical (unpaired) electrons. The molecule has 0 aromatic rings. The van der Waals surface area contributed by atoms with E-state index in [4.69, 9.17) is 4.74 Å². The highest BCUT2D eigenvalue weighted by molar-refractivity contribution is 4.76. The van der Waals surface area contributed by atoms with E-state index in [0.717, 1.165) is 0 Å². The summed E-state index contributed by atoms with van der Waals surface area (Å²) in [6.45, 7) is 9.00. The highest BCUT2D eigenvalue weighted by atomic mass is 16.5. The van der Waals surface area contributed by atoms with E-state index < -0.39 is 11.7 Å². The topological polar surface area (TPSA) is 49.7 Å². The van der Waals surface area contributed by atoms with E-state index in [0.29, 0.717) is 0 Å². The minimum Gasteiger partial charge on any atom is -0.388 e. The Balaban J connectivity index is 3.80. The molecule has 0 aliphatic heterocycles. The lowest BCUT2D eigenvalue weighted by molar-refractivity contribution is -0.116. The Morgan fingerprint density at radius 3 is 1.83 bits per heavy atom. The number of hydrogen-bond donors (Lipinski definition) is 2. The molecular formula is C9H20O3. The van der Waals surface area contributed by atoms with Crippen LogP contribution in [0.5, 0.6) is 0 Å². The molecule has 2 N–H and O–H groups in total. The molecule has 74 valence electrons. The zero-order valence-corrected chi connectivity index (χ0v) is 8.59. The van der Waals surface area contributed by atoms with Crippen LogP contribution >= 0.6 is 0 Å². The first kappa shape index (κ1) is 11.9. The zero-order valence-electron chi connectivity index (χ0n) is 8.59. The SMILES string of the molecule is CC(C)(C)OCC(O)C(C)(C)O. The third-order valence-corrected chi connectivity index (χ3v) is 1.49. The lowest BCUT2D eigenvalue weighted by atomic mass is 10.0. The molecule has 0 amide bonds. The molecule has 0 aliphatic rings. The van der Waals surface area contributed by atoms with Gasteiger partial charge in [-0.2, -0.15) is 0 Å². The number of hydrogen-bond acceptors (Lipinski definition) is 3. The molecule has 0 aliphatic carbocycles. The summed E-state index contributed by atoms with van der Waals surface area (Å²) in [5.74, 6) is 0. The smallest absolute Gasteiger partial charge is 0.105 e. The average molecular weight is 176 g/mol. The molecule has 0 spiro atoms. The molecule has 3 nitrogen and oxygen atoms in total. The fraction of sp³-hybridized carbons (Fsp3) is 1.00. The van der Waals surface area contributed by atoms with Crippen molar-refractivity contribution in [3.63, 3.8) is 0 Å². The van der Waals surface area contributed by atoms with E-state index in [2.05, 4.69) is 0 Å². The minimum absolute atomic E-state index is 0.160. The lowest BCUT2D eigenvalue weighted by Gasteiger charge is -2.28. The van der Waals surface area contributed by atoms with Crippen molar-refractivity contribution in [1.82, 2.24) is 0 Å². The van der Waals surface area contributed by atoms with Gasteiger partial charge in [0.15, 0.2) is 0 Å². The van der Waals surface area contributed by atoms with Crippen LogP contribution in [0.2, 0.25) is 0 Å². The third-order valence-electron chi connectivity index (χ3n) is 1.49. The van der Waals surface area contributed by atoms with Crippen molar-refractivity contribution < 1.29 is 14.9 Å². The number of rotatable bonds is 3. The van der Waals surface area contributed by atoms with Gasteiger partial charge in [-0.3, -0.25) is 0 Å². The van der Waals surface area contributed by atoms with Gasteiger partial charge in [-0.15, -0.1) is 0 Å². The number of ether oxygens (including phenoxy) is 1. The highest BCUT2D eigenvalue weighted by Crippen LogP contribution is 2.13. The zero-order chi connectivity index (χ0) is 9.99. The summed E-state index contributed by atoms with van der Waals surface area (Å²) in [6.07, 6.45) is -0.836. The van der Waals surface area contributed by atoms with E-state index in [1.165, 1.54) is 0 Å². The normalized spacial score (nSPS) is 16.2. The quantitative estimate of drug-likeness (QED) is 0.672. The largest absolute Gasteiger partial charge is 0.388 e. The maximum Gasteiger partial charge on any atom is 0.105 e. The summed E-state index contributed by atoms with van der Waals surface area (Å²) >= 11 is 0. The van der Waals surface area contributed by atoms with Gasteiger partial charge in [0.2, 0.25) is 0 Å². The summed E-state index contributed by atoms with van der Waals surface area (Å²) in [7, 11) is 0. The van der Waals surface area contributed by atoms with Crippen molar-refractivity contribution in [2.75, 3.05) is 6.61 Å². The summed E-state index contributed by atoms with van der Waals surface area (Å²) in [5.41, 5.74) is -1.36. The van der Waals surface area contributed by atoms with Gasteiger partial charge in [-0.05, 0) is 34.6 Å². The predicted molar refractivity (Wildman–Crippen MR) is 48.0 cm³/mol. The Bertz CT molecular complexity index is 130. The molecular weight excluding hydrogens is 156 g/mol. The summed E-state index contributed by atoms with van der Waals surface area (Å²) < 4.78 is 5.31. The number of aliphatic hydroxyl groups excluding tert-OH is 1. The van der Waals surface area contributed by atoms with Gasteiger partial charge in [0.05, 0.1) is 17.8 Å². The van der Waals surface area contributed by atoms with Gasteiger partial charge in [-0.1, -0.05) is 0 Å². The molecule has 0 aromatic heterocycles. The molecule has 0 fully saturated rings. The first-order valence-corrected chi connectivity index (χ1v) is 4.17. The first-order valence-electron chi connectivity index (χ1n) is 4.17. The molecule has 12 heavy (non-hydrogen) atoms. The fourth-order valence-electron chi connectivity index (χ4n) is 0.533.